The molecule has 2 rings (SSSR count). The second-order valence-corrected chi connectivity index (χ2v) is 4.42. The van der Waals surface area contributed by atoms with Gasteiger partial charge in [-0.05, 0) is 31.0 Å². The van der Waals surface area contributed by atoms with Crippen LogP contribution in [0.5, 0.6) is 0 Å². The number of aliphatic hydroxyl groups is 1. The summed E-state index contributed by atoms with van der Waals surface area (Å²) in [5.74, 6) is 0.334. The number of aliphatic hydroxyl groups excluding tert-OH is 1. The maximum atomic E-state index is 12.2. The van der Waals surface area contributed by atoms with Gasteiger partial charge in [-0.3, -0.25) is 0 Å². The van der Waals surface area contributed by atoms with E-state index in [4.69, 9.17) is 9.63 Å². The molecule has 1 aromatic heterocycles. The molecule has 2 aromatic rings. The molecule has 6 heteroatoms. The lowest BCUT2D eigenvalue weighted by Crippen LogP contribution is -2.20. The Morgan fingerprint density at radius 2 is 2.00 bits per heavy atom. The van der Waals surface area contributed by atoms with Crippen molar-refractivity contribution in [3.8, 4) is 11.4 Å². The third kappa shape index (κ3) is 3.14. The maximum absolute atomic E-state index is 12.2. The van der Waals surface area contributed by atoms with Crippen LogP contribution in [0.1, 0.15) is 17.0 Å². The fourth-order valence-corrected chi connectivity index (χ4v) is 1.60. The number of benzene rings is 1. The number of aromatic nitrogens is 2. The monoisotopic (exact) mass is 268 g/mol. The van der Waals surface area contributed by atoms with Crippen LogP contribution >= 0.6 is 0 Å². The van der Waals surface area contributed by atoms with Gasteiger partial charge in [-0.2, -0.15) is 4.98 Å². The number of aryl methyl sites for hydroxylation is 2. The van der Waals surface area contributed by atoms with E-state index in [-0.39, 0.29) is 12.3 Å². The molecular formula is C13H14F2N2O2. The summed E-state index contributed by atoms with van der Waals surface area (Å²) in [5, 5.41) is 12.8. The van der Waals surface area contributed by atoms with Crippen molar-refractivity contribution in [2.75, 3.05) is 0 Å². The summed E-state index contributed by atoms with van der Waals surface area (Å²) < 4.78 is 29.3. The van der Waals surface area contributed by atoms with Gasteiger partial charge < -0.3 is 9.63 Å². The molecule has 0 saturated carbocycles. The minimum Gasteiger partial charge on any atom is -0.387 e. The summed E-state index contributed by atoms with van der Waals surface area (Å²) >= 11 is 0. The molecule has 0 aliphatic heterocycles. The number of halogens is 2. The van der Waals surface area contributed by atoms with Gasteiger partial charge in [0.2, 0.25) is 11.7 Å². The Labute approximate surface area is 109 Å². The summed E-state index contributed by atoms with van der Waals surface area (Å²) in [5.41, 5.74) is 2.97. The van der Waals surface area contributed by atoms with Crippen LogP contribution in [0.3, 0.4) is 0 Å². The number of alkyl halides is 2. The zero-order valence-corrected chi connectivity index (χ0v) is 10.6. The van der Waals surface area contributed by atoms with Crippen LogP contribution in [-0.4, -0.2) is 27.8 Å². The normalized spacial score (nSPS) is 12.9. The van der Waals surface area contributed by atoms with Gasteiger partial charge in [-0.15, -0.1) is 0 Å². The second-order valence-electron chi connectivity index (χ2n) is 4.42. The number of hydrogen-bond donors (Lipinski definition) is 1. The quantitative estimate of drug-likeness (QED) is 0.925. The molecule has 0 fully saturated rings. The summed E-state index contributed by atoms with van der Waals surface area (Å²) in [6.07, 6.45) is -4.96. The molecule has 1 atom stereocenters. The summed E-state index contributed by atoms with van der Waals surface area (Å²) in [6, 6.07) is 5.66. The van der Waals surface area contributed by atoms with Crippen molar-refractivity contribution in [2.45, 2.75) is 32.8 Å². The highest BCUT2D eigenvalue weighted by Gasteiger charge is 2.21. The largest absolute Gasteiger partial charge is 0.387 e. The van der Waals surface area contributed by atoms with Gasteiger partial charge in [0.25, 0.3) is 6.43 Å². The van der Waals surface area contributed by atoms with Crippen LogP contribution in [0.15, 0.2) is 22.7 Å². The van der Waals surface area contributed by atoms with E-state index in [1.54, 1.807) is 0 Å². The van der Waals surface area contributed by atoms with Gasteiger partial charge in [0.15, 0.2) is 0 Å². The van der Waals surface area contributed by atoms with E-state index in [9.17, 15) is 8.78 Å². The average Bonchev–Trinajstić information content (AvgIpc) is 2.81. The molecule has 4 nitrogen and oxygen atoms in total. The van der Waals surface area contributed by atoms with E-state index >= 15 is 0 Å². The van der Waals surface area contributed by atoms with Crippen molar-refractivity contribution in [2.24, 2.45) is 0 Å². The van der Waals surface area contributed by atoms with E-state index in [0.717, 1.165) is 16.7 Å². The summed E-state index contributed by atoms with van der Waals surface area (Å²) in [4.78, 5) is 4.00. The highest BCUT2D eigenvalue weighted by atomic mass is 19.3. The zero-order chi connectivity index (χ0) is 14.0. The predicted molar refractivity (Wildman–Crippen MR) is 64.9 cm³/mol. The second kappa shape index (κ2) is 5.44. The van der Waals surface area contributed by atoms with Crippen molar-refractivity contribution in [3.05, 3.63) is 35.2 Å². The fraction of sp³-hybridized carbons (Fsp3) is 0.385. The van der Waals surface area contributed by atoms with Crippen molar-refractivity contribution in [3.63, 3.8) is 0 Å². The van der Waals surface area contributed by atoms with Crippen LogP contribution in [0.4, 0.5) is 8.78 Å². The van der Waals surface area contributed by atoms with Gasteiger partial charge in [-0.25, -0.2) is 8.78 Å². The third-order valence-corrected chi connectivity index (χ3v) is 2.91. The van der Waals surface area contributed by atoms with Crippen LogP contribution in [0.2, 0.25) is 0 Å². The van der Waals surface area contributed by atoms with E-state index in [1.807, 2.05) is 32.0 Å². The van der Waals surface area contributed by atoms with Gasteiger partial charge in [0, 0.05) is 5.56 Å². The molecule has 1 N–H and O–H groups in total. The first-order chi connectivity index (χ1) is 8.97. The minimum atomic E-state index is -2.82. The molecule has 1 aromatic carbocycles. The molecule has 0 aliphatic rings. The Bertz CT molecular complexity index is 570. The first kappa shape index (κ1) is 13.6. The molecule has 0 spiro atoms. The Kier molecular flexibility index (Phi) is 3.90. The Morgan fingerprint density at radius 1 is 1.26 bits per heavy atom. The SMILES string of the molecule is Cc1ccc(-c2noc(C[C@H](O)C(F)F)n2)cc1C. The fourth-order valence-electron chi connectivity index (χ4n) is 1.60. The number of rotatable bonds is 4. The van der Waals surface area contributed by atoms with Crippen molar-refractivity contribution < 1.29 is 18.4 Å². The molecule has 0 unspecified atom stereocenters. The van der Waals surface area contributed by atoms with E-state index < -0.39 is 12.5 Å². The first-order valence-corrected chi connectivity index (χ1v) is 5.84. The Hall–Kier alpha value is -1.82. The van der Waals surface area contributed by atoms with Crippen LogP contribution < -0.4 is 0 Å². The molecule has 0 aliphatic carbocycles. The minimum absolute atomic E-state index is 0.000952. The van der Waals surface area contributed by atoms with Gasteiger partial charge >= 0.3 is 0 Å². The Morgan fingerprint density at radius 3 is 2.63 bits per heavy atom. The van der Waals surface area contributed by atoms with Gasteiger partial charge in [0.05, 0.1) is 6.42 Å². The molecule has 102 valence electrons. The molecular weight excluding hydrogens is 254 g/mol. The van der Waals surface area contributed by atoms with Crippen LogP contribution in [0.25, 0.3) is 11.4 Å². The number of nitrogens with zero attached hydrogens (tertiary/aromatic N) is 2. The molecule has 0 saturated heterocycles. The van der Waals surface area contributed by atoms with Crippen LogP contribution in [-0.2, 0) is 6.42 Å². The summed E-state index contributed by atoms with van der Waals surface area (Å²) in [6.45, 7) is 3.94. The zero-order valence-electron chi connectivity index (χ0n) is 10.6. The van der Waals surface area contributed by atoms with Gasteiger partial charge in [0.1, 0.15) is 6.10 Å². The average molecular weight is 268 g/mol. The maximum Gasteiger partial charge on any atom is 0.264 e. The molecule has 0 amide bonds. The van der Waals surface area contributed by atoms with E-state index in [2.05, 4.69) is 10.1 Å². The van der Waals surface area contributed by atoms with E-state index in [0.29, 0.717) is 5.82 Å². The van der Waals surface area contributed by atoms with Crippen molar-refractivity contribution in [1.82, 2.24) is 10.1 Å². The highest BCUT2D eigenvalue weighted by Crippen LogP contribution is 2.20. The molecule has 0 radical (unpaired) electrons. The van der Waals surface area contributed by atoms with Crippen molar-refractivity contribution in [1.29, 1.82) is 0 Å². The lowest BCUT2D eigenvalue weighted by Gasteiger charge is -2.04. The summed E-state index contributed by atoms with van der Waals surface area (Å²) in [7, 11) is 0. The van der Waals surface area contributed by atoms with Crippen LogP contribution in [0, 0.1) is 13.8 Å². The topological polar surface area (TPSA) is 59.2 Å². The third-order valence-electron chi connectivity index (χ3n) is 2.91. The predicted octanol–water partition coefficient (Wildman–Crippen LogP) is 2.52. The smallest absolute Gasteiger partial charge is 0.264 e. The van der Waals surface area contributed by atoms with Crippen molar-refractivity contribution >= 4 is 0 Å². The Balaban J connectivity index is 2.18. The first-order valence-electron chi connectivity index (χ1n) is 5.84. The molecule has 19 heavy (non-hydrogen) atoms. The standard InChI is InChI=1S/C13H14F2N2O2/c1-7-3-4-9(5-8(7)2)13-16-11(19-17-13)6-10(18)12(14)15/h3-5,10,12,18H,6H2,1-2H3/t10-/m0/s1. The lowest BCUT2D eigenvalue weighted by atomic mass is 10.1. The lowest BCUT2D eigenvalue weighted by molar-refractivity contribution is -0.00754. The molecule has 1 heterocycles. The highest BCUT2D eigenvalue weighted by molar-refractivity contribution is 5.56. The number of hydrogen-bond acceptors (Lipinski definition) is 4. The molecule has 0 bridgehead atoms. The van der Waals surface area contributed by atoms with Gasteiger partial charge in [-0.1, -0.05) is 17.3 Å². The van der Waals surface area contributed by atoms with E-state index in [1.165, 1.54) is 0 Å².